The maximum absolute atomic E-state index is 13.8. The highest BCUT2D eigenvalue weighted by atomic mass is 35.5. The van der Waals surface area contributed by atoms with Gasteiger partial charge in [-0.15, -0.1) is 0 Å². The molecule has 0 saturated carbocycles. The molecule has 0 unspecified atom stereocenters. The molecule has 3 N–H and O–H groups in total. The van der Waals surface area contributed by atoms with Crippen molar-refractivity contribution in [3.05, 3.63) is 101 Å². The summed E-state index contributed by atoms with van der Waals surface area (Å²) in [6.45, 7) is 7.97. The minimum Gasteiger partial charge on any atom is -0.488 e. The van der Waals surface area contributed by atoms with Crippen LogP contribution in [0.25, 0.3) is 0 Å². The number of hydroxylamine groups is 2. The highest BCUT2D eigenvalue weighted by molar-refractivity contribution is 6.31. The van der Waals surface area contributed by atoms with Crippen molar-refractivity contribution >= 4 is 35.2 Å². The number of likely N-dealkylation sites (N-methyl/N-ethyl adjacent to an activating group) is 1. The van der Waals surface area contributed by atoms with Crippen LogP contribution in [0.15, 0.2) is 78.9 Å². The van der Waals surface area contributed by atoms with Gasteiger partial charge in [0.1, 0.15) is 30.5 Å². The van der Waals surface area contributed by atoms with Crippen molar-refractivity contribution in [2.45, 2.75) is 71.7 Å². The monoisotopic (exact) mass is 678 g/mol. The third kappa shape index (κ3) is 12.0. The van der Waals surface area contributed by atoms with E-state index >= 15 is 0 Å². The molecule has 0 bridgehead atoms. The molecular formula is C37H47ClN4O6. The summed E-state index contributed by atoms with van der Waals surface area (Å²) >= 11 is 6.26. The zero-order chi connectivity index (χ0) is 35.2. The lowest BCUT2D eigenvalue weighted by atomic mass is 9.99. The van der Waals surface area contributed by atoms with E-state index in [2.05, 4.69) is 16.0 Å². The number of ether oxygens (including phenoxy) is 1. The fraction of sp³-hybridized carbons (Fsp3) is 0.405. The number of halogens is 1. The number of amides is 4. The van der Waals surface area contributed by atoms with Gasteiger partial charge in [0, 0.05) is 18.5 Å². The van der Waals surface area contributed by atoms with E-state index in [1.165, 1.54) is 20.2 Å². The molecular weight excluding hydrogens is 632 g/mol. The fourth-order valence-corrected chi connectivity index (χ4v) is 5.26. The summed E-state index contributed by atoms with van der Waals surface area (Å²) in [5.74, 6) is -1.65. The van der Waals surface area contributed by atoms with E-state index in [4.69, 9.17) is 21.2 Å². The van der Waals surface area contributed by atoms with E-state index in [0.29, 0.717) is 23.6 Å². The molecule has 3 rings (SSSR count). The second-order valence-electron chi connectivity index (χ2n) is 12.5. The lowest BCUT2D eigenvalue weighted by molar-refractivity contribution is -0.171. The SMILES string of the molecule is CON(C)C(=O)[C@H](Cc1ccccc1)NC(=O)[C@H](CC(C)C)NC(=O)[C@H](CC(C)C)NC(=O)c1cc(Cl)ccc1OCc1ccccc1. The molecule has 0 aliphatic carbocycles. The number of nitrogens with zero attached hydrogens (tertiary/aromatic N) is 1. The third-order valence-corrected chi connectivity index (χ3v) is 7.81. The number of hydrogen-bond acceptors (Lipinski definition) is 6. The molecule has 3 aromatic carbocycles. The van der Waals surface area contributed by atoms with Gasteiger partial charge in [-0.1, -0.05) is 100.0 Å². The van der Waals surface area contributed by atoms with Crippen LogP contribution in [0.5, 0.6) is 5.75 Å². The number of hydrogen-bond donors (Lipinski definition) is 3. The Hall–Kier alpha value is -4.41. The molecule has 4 amide bonds. The lowest BCUT2D eigenvalue weighted by Gasteiger charge is -2.28. The van der Waals surface area contributed by atoms with Crippen LogP contribution in [0.3, 0.4) is 0 Å². The van der Waals surface area contributed by atoms with Gasteiger partial charge in [-0.2, -0.15) is 0 Å². The Morgan fingerprint density at radius 1 is 0.729 bits per heavy atom. The first-order valence-corrected chi connectivity index (χ1v) is 16.5. The predicted octanol–water partition coefficient (Wildman–Crippen LogP) is 5.34. The molecule has 48 heavy (non-hydrogen) atoms. The van der Waals surface area contributed by atoms with Crippen LogP contribution in [0, 0.1) is 11.8 Å². The van der Waals surface area contributed by atoms with Gasteiger partial charge in [0.2, 0.25) is 11.8 Å². The summed E-state index contributed by atoms with van der Waals surface area (Å²) in [6.07, 6.45) is 0.835. The van der Waals surface area contributed by atoms with Gasteiger partial charge in [-0.3, -0.25) is 24.0 Å². The fourth-order valence-electron chi connectivity index (χ4n) is 5.09. The van der Waals surface area contributed by atoms with Crippen molar-refractivity contribution in [2.24, 2.45) is 11.8 Å². The summed E-state index contributed by atoms with van der Waals surface area (Å²) < 4.78 is 5.97. The van der Waals surface area contributed by atoms with Crippen molar-refractivity contribution < 1.29 is 28.8 Å². The molecule has 3 atom stereocenters. The second-order valence-corrected chi connectivity index (χ2v) is 13.0. The van der Waals surface area contributed by atoms with Gasteiger partial charge in [0.25, 0.3) is 11.8 Å². The maximum atomic E-state index is 13.8. The largest absolute Gasteiger partial charge is 0.488 e. The van der Waals surface area contributed by atoms with Crippen LogP contribution in [0.2, 0.25) is 5.02 Å². The molecule has 0 radical (unpaired) electrons. The Balaban J connectivity index is 1.80. The number of carbonyl (C=O) groups is 4. The molecule has 0 heterocycles. The van der Waals surface area contributed by atoms with E-state index in [0.717, 1.165) is 16.2 Å². The summed E-state index contributed by atoms with van der Waals surface area (Å²) in [7, 11) is 2.84. The van der Waals surface area contributed by atoms with Gasteiger partial charge in [0.05, 0.1) is 12.7 Å². The average molecular weight is 679 g/mol. The zero-order valence-electron chi connectivity index (χ0n) is 28.5. The molecule has 258 valence electrons. The first kappa shape index (κ1) is 38.0. The first-order valence-electron chi connectivity index (χ1n) is 16.1. The summed E-state index contributed by atoms with van der Waals surface area (Å²) in [5, 5.41) is 9.93. The van der Waals surface area contributed by atoms with Gasteiger partial charge >= 0.3 is 0 Å². The molecule has 3 aromatic rings. The number of benzene rings is 3. The highest BCUT2D eigenvalue weighted by Crippen LogP contribution is 2.24. The zero-order valence-corrected chi connectivity index (χ0v) is 29.3. The molecule has 10 nitrogen and oxygen atoms in total. The Kier molecular flexibility index (Phi) is 14.9. The van der Waals surface area contributed by atoms with Crippen molar-refractivity contribution in [1.82, 2.24) is 21.0 Å². The Morgan fingerprint density at radius 2 is 1.25 bits per heavy atom. The first-order chi connectivity index (χ1) is 22.9. The maximum Gasteiger partial charge on any atom is 0.268 e. The molecule has 0 aromatic heterocycles. The Labute approximate surface area is 288 Å². The summed E-state index contributed by atoms with van der Waals surface area (Å²) in [4.78, 5) is 59.5. The van der Waals surface area contributed by atoms with E-state index in [1.807, 2.05) is 88.4 Å². The average Bonchev–Trinajstić information content (AvgIpc) is 3.06. The number of carbonyl (C=O) groups excluding carboxylic acids is 4. The quantitative estimate of drug-likeness (QED) is 0.166. The van der Waals surface area contributed by atoms with Crippen LogP contribution in [-0.2, 0) is 32.2 Å². The normalized spacial score (nSPS) is 12.9. The van der Waals surface area contributed by atoms with E-state index in [-0.39, 0.29) is 30.4 Å². The number of rotatable bonds is 17. The van der Waals surface area contributed by atoms with Gasteiger partial charge < -0.3 is 20.7 Å². The number of nitrogens with one attached hydrogen (secondary N) is 3. The van der Waals surface area contributed by atoms with Crippen molar-refractivity contribution in [3.8, 4) is 5.75 Å². The van der Waals surface area contributed by atoms with Crippen molar-refractivity contribution in [3.63, 3.8) is 0 Å². The third-order valence-electron chi connectivity index (χ3n) is 7.57. The molecule has 0 aliphatic rings. The van der Waals surface area contributed by atoms with Crippen LogP contribution < -0.4 is 20.7 Å². The minimum absolute atomic E-state index is 0.0277. The van der Waals surface area contributed by atoms with Gasteiger partial charge in [-0.05, 0) is 54.0 Å². The van der Waals surface area contributed by atoms with Crippen LogP contribution in [-0.4, -0.2) is 61.0 Å². The molecule has 0 spiro atoms. The highest BCUT2D eigenvalue weighted by Gasteiger charge is 2.32. The Bertz CT molecular complexity index is 1500. The minimum atomic E-state index is -0.973. The summed E-state index contributed by atoms with van der Waals surface area (Å²) in [5.41, 5.74) is 1.95. The van der Waals surface area contributed by atoms with E-state index < -0.39 is 41.8 Å². The van der Waals surface area contributed by atoms with Crippen LogP contribution >= 0.6 is 11.6 Å². The smallest absolute Gasteiger partial charge is 0.268 e. The molecule has 0 fully saturated rings. The van der Waals surface area contributed by atoms with Crippen LogP contribution in [0.1, 0.15) is 62.0 Å². The van der Waals surface area contributed by atoms with Crippen molar-refractivity contribution in [1.29, 1.82) is 0 Å². The lowest BCUT2D eigenvalue weighted by Crippen LogP contribution is -2.57. The standard InChI is InChI=1S/C37H47ClN4O6/c1-24(2)19-30(39-34(43)29-22-28(38)17-18-33(29)48-23-27-15-11-8-12-16-27)35(44)40-31(20-25(3)4)36(45)41-32(37(46)42(5)47-6)21-26-13-9-7-10-14-26/h7-18,22,24-25,30-32H,19-21,23H2,1-6H3,(H,39,43)(H,40,44)(H,41,45)/t30-,31-,32-/m0/s1. The van der Waals surface area contributed by atoms with E-state index in [9.17, 15) is 19.2 Å². The second kappa shape index (κ2) is 18.8. The summed E-state index contributed by atoms with van der Waals surface area (Å²) in [6, 6.07) is 20.7. The molecule has 11 heteroatoms. The van der Waals surface area contributed by atoms with Crippen LogP contribution in [0.4, 0.5) is 0 Å². The Morgan fingerprint density at radius 3 is 1.79 bits per heavy atom. The van der Waals surface area contributed by atoms with Crippen molar-refractivity contribution in [2.75, 3.05) is 14.2 Å². The molecule has 0 aliphatic heterocycles. The molecule has 0 saturated heterocycles. The van der Waals surface area contributed by atoms with E-state index in [1.54, 1.807) is 12.1 Å². The van der Waals surface area contributed by atoms with Gasteiger partial charge in [0.15, 0.2) is 0 Å². The topological polar surface area (TPSA) is 126 Å². The predicted molar refractivity (Wildman–Crippen MR) is 186 cm³/mol. The van der Waals surface area contributed by atoms with Gasteiger partial charge in [-0.25, -0.2) is 5.06 Å².